The van der Waals surface area contributed by atoms with Crippen molar-refractivity contribution in [3.05, 3.63) is 53.9 Å². The smallest absolute Gasteiger partial charge is 0.337 e. The monoisotopic (exact) mass is 353 g/mol. The van der Waals surface area contributed by atoms with Gasteiger partial charge in [-0.1, -0.05) is 12.8 Å². The van der Waals surface area contributed by atoms with E-state index in [0.29, 0.717) is 16.9 Å². The Morgan fingerprint density at radius 2 is 1.69 bits per heavy atom. The summed E-state index contributed by atoms with van der Waals surface area (Å²) in [5.41, 5.74) is 2.46. The zero-order chi connectivity index (χ0) is 18.4. The Labute approximate surface area is 153 Å². The van der Waals surface area contributed by atoms with Gasteiger partial charge in [-0.2, -0.15) is 0 Å². The van der Waals surface area contributed by atoms with Crippen molar-refractivity contribution in [2.45, 2.75) is 25.7 Å². The zero-order valence-corrected chi connectivity index (χ0v) is 14.9. The van der Waals surface area contributed by atoms with Crippen molar-refractivity contribution in [2.75, 3.05) is 30.4 Å². The number of pyridine rings is 1. The summed E-state index contributed by atoms with van der Waals surface area (Å²) in [6, 6.07) is 10.2. The topological polar surface area (TPSA) is 71.5 Å². The van der Waals surface area contributed by atoms with Gasteiger partial charge >= 0.3 is 5.97 Å². The fourth-order valence-electron chi connectivity index (χ4n) is 3.04. The fraction of sp³-hybridized carbons (Fsp3) is 0.350. The van der Waals surface area contributed by atoms with Crippen molar-refractivity contribution in [1.29, 1.82) is 0 Å². The third-order valence-electron chi connectivity index (χ3n) is 4.52. The third kappa shape index (κ3) is 4.39. The van der Waals surface area contributed by atoms with Crippen LogP contribution in [0.5, 0.6) is 0 Å². The third-order valence-corrected chi connectivity index (χ3v) is 4.52. The van der Waals surface area contributed by atoms with Crippen LogP contribution in [0.4, 0.5) is 11.4 Å². The van der Waals surface area contributed by atoms with Gasteiger partial charge in [-0.05, 0) is 49.2 Å². The Balaban J connectivity index is 1.63. The molecule has 0 bridgehead atoms. The molecule has 0 spiro atoms. The lowest BCUT2D eigenvalue weighted by molar-refractivity contribution is 0.0600. The van der Waals surface area contributed by atoms with Gasteiger partial charge in [0.15, 0.2) is 0 Å². The molecule has 0 aliphatic carbocycles. The summed E-state index contributed by atoms with van der Waals surface area (Å²) in [5, 5.41) is 2.78. The van der Waals surface area contributed by atoms with Gasteiger partial charge in [0.05, 0.1) is 24.6 Å². The number of carbonyl (C=O) groups is 2. The number of benzene rings is 1. The second-order valence-electron chi connectivity index (χ2n) is 6.33. The molecule has 1 aliphatic heterocycles. The van der Waals surface area contributed by atoms with Crippen LogP contribution >= 0.6 is 0 Å². The van der Waals surface area contributed by atoms with Gasteiger partial charge in [0.25, 0.3) is 5.91 Å². The van der Waals surface area contributed by atoms with Crippen LogP contribution in [0.2, 0.25) is 0 Å². The summed E-state index contributed by atoms with van der Waals surface area (Å²) in [7, 11) is 1.33. The Bertz CT molecular complexity index is 749. The molecule has 0 atom stereocenters. The average molecular weight is 353 g/mol. The number of rotatable bonds is 4. The number of nitrogens with one attached hydrogen (secondary N) is 1. The number of amides is 1. The van der Waals surface area contributed by atoms with Gasteiger partial charge in [-0.25, -0.2) is 9.78 Å². The van der Waals surface area contributed by atoms with Crippen molar-refractivity contribution >= 4 is 23.3 Å². The van der Waals surface area contributed by atoms with E-state index in [4.69, 9.17) is 0 Å². The Hall–Kier alpha value is -2.89. The van der Waals surface area contributed by atoms with Crippen molar-refractivity contribution in [3.63, 3.8) is 0 Å². The summed E-state index contributed by atoms with van der Waals surface area (Å²) in [6.45, 7) is 2.08. The predicted octanol–water partition coefficient (Wildman–Crippen LogP) is 3.50. The molecule has 0 unspecified atom stereocenters. The van der Waals surface area contributed by atoms with Crippen LogP contribution in [-0.2, 0) is 4.74 Å². The molecule has 6 nitrogen and oxygen atoms in total. The number of anilines is 2. The van der Waals surface area contributed by atoms with E-state index in [1.54, 1.807) is 36.5 Å². The molecule has 26 heavy (non-hydrogen) atoms. The maximum absolute atomic E-state index is 12.4. The summed E-state index contributed by atoms with van der Waals surface area (Å²) < 4.78 is 4.66. The number of carbonyl (C=O) groups excluding carboxylic acids is 2. The molecular weight excluding hydrogens is 330 g/mol. The van der Waals surface area contributed by atoms with E-state index in [2.05, 4.69) is 19.9 Å². The summed E-state index contributed by atoms with van der Waals surface area (Å²) >= 11 is 0. The second-order valence-corrected chi connectivity index (χ2v) is 6.33. The lowest BCUT2D eigenvalue weighted by Gasteiger charge is -2.22. The lowest BCUT2D eigenvalue weighted by Crippen LogP contribution is -2.24. The average Bonchev–Trinajstić information content (AvgIpc) is 2.97. The number of esters is 1. The maximum atomic E-state index is 12.4. The number of nitrogens with zero attached hydrogens (tertiary/aromatic N) is 2. The van der Waals surface area contributed by atoms with Gasteiger partial charge in [-0.15, -0.1) is 0 Å². The first-order chi connectivity index (χ1) is 12.7. The first-order valence-electron chi connectivity index (χ1n) is 8.88. The van der Waals surface area contributed by atoms with E-state index in [0.717, 1.165) is 18.8 Å². The van der Waals surface area contributed by atoms with Gasteiger partial charge in [0.2, 0.25) is 0 Å². The van der Waals surface area contributed by atoms with Gasteiger partial charge < -0.3 is 15.0 Å². The number of hydrogen-bond acceptors (Lipinski definition) is 5. The van der Waals surface area contributed by atoms with E-state index in [1.807, 2.05) is 6.07 Å². The molecule has 0 radical (unpaired) electrons. The highest BCUT2D eigenvalue weighted by Crippen LogP contribution is 2.19. The first-order valence-corrected chi connectivity index (χ1v) is 8.88. The van der Waals surface area contributed by atoms with E-state index >= 15 is 0 Å². The molecule has 1 N–H and O–H groups in total. The minimum atomic E-state index is -0.409. The van der Waals surface area contributed by atoms with Gasteiger partial charge in [-0.3, -0.25) is 4.79 Å². The molecule has 2 heterocycles. The summed E-state index contributed by atoms with van der Waals surface area (Å²) in [5.74, 6) is -0.688. The summed E-state index contributed by atoms with van der Waals surface area (Å²) in [4.78, 5) is 30.4. The minimum absolute atomic E-state index is 0.279. The highest BCUT2D eigenvalue weighted by atomic mass is 16.5. The molecule has 1 aliphatic rings. The van der Waals surface area contributed by atoms with E-state index < -0.39 is 5.97 Å². The zero-order valence-electron chi connectivity index (χ0n) is 14.9. The molecule has 1 saturated heterocycles. The van der Waals surface area contributed by atoms with Crippen LogP contribution in [0.3, 0.4) is 0 Å². The molecule has 1 aromatic carbocycles. The number of ether oxygens (including phenoxy) is 1. The van der Waals surface area contributed by atoms with Crippen LogP contribution in [0.1, 0.15) is 46.5 Å². The number of methoxy groups -OCH3 is 1. The van der Waals surface area contributed by atoms with Crippen molar-refractivity contribution in [1.82, 2.24) is 4.98 Å². The standard InChI is InChI=1S/C20H23N3O3/c1-26-20(25)15-6-8-16(9-7-15)22-19(24)18-11-10-17(14-21-18)23-12-4-2-3-5-13-23/h6-11,14H,2-5,12-13H2,1H3,(H,22,24). The quantitative estimate of drug-likeness (QED) is 0.852. The van der Waals surface area contributed by atoms with Gasteiger partial charge in [0.1, 0.15) is 5.69 Å². The van der Waals surface area contributed by atoms with Crippen LogP contribution < -0.4 is 10.2 Å². The van der Waals surface area contributed by atoms with E-state index in [-0.39, 0.29) is 5.91 Å². The molecule has 1 fully saturated rings. The highest BCUT2D eigenvalue weighted by molar-refractivity contribution is 6.03. The number of hydrogen-bond donors (Lipinski definition) is 1. The van der Waals surface area contributed by atoms with Crippen LogP contribution in [0.25, 0.3) is 0 Å². The Morgan fingerprint density at radius 1 is 1.00 bits per heavy atom. The van der Waals surface area contributed by atoms with Gasteiger partial charge in [0, 0.05) is 18.8 Å². The van der Waals surface area contributed by atoms with Crippen LogP contribution in [0.15, 0.2) is 42.6 Å². The first kappa shape index (κ1) is 17.9. The normalized spacial score (nSPS) is 14.4. The fourth-order valence-corrected chi connectivity index (χ4v) is 3.04. The van der Waals surface area contributed by atoms with E-state index in [9.17, 15) is 9.59 Å². The molecule has 0 saturated carbocycles. The lowest BCUT2D eigenvalue weighted by atomic mass is 10.2. The molecule has 1 amide bonds. The predicted molar refractivity (Wildman–Crippen MR) is 101 cm³/mol. The van der Waals surface area contributed by atoms with Crippen molar-refractivity contribution in [3.8, 4) is 0 Å². The number of aromatic nitrogens is 1. The molecule has 136 valence electrons. The molecule has 1 aromatic heterocycles. The second kappa shape index (κ2) is 8.47. The SMILES string of the molecule is COC(=O)c1ccc(NC(=O)c2ccc(N3CCCCCC3)cn2)cc1. The molecule has 6 heteroatoms. The van der Waals surface area contributed by atoms with E-state index in [1.165, 1.54) is 32.8 Å². The highest BCUT2D eigenvalue weighted by Gasteiger charge is 2.13. The molecule has 3 rings (SSSR count). The molecular formula is C20H23N3O3. The van der Waals surface area contributed by atoms with Crippen LogP contribution in [-0.4, -0.2) is 37.1 Å². The maximum Gasteiger partial charge on any atom is 0.337 e. The minimum Gasteiger partial charge on any atom is -0.465 e. The molecule has 2 aromatic rings. The largest absolute Gasteiger partial charge is 0.465 e. The van der Waals surface area contributed by atoms with Crippen LogP contribution in [0, 0.1) is 0 Å². The summed E-state index contributed by atoms with van der Waals surface area (Å²) in [6.07, 6.45) is 6.71. The Morgan fingerprint density at radius 3 is 2.27 bits per heavy atom. The van der Waals surface area contributed by atoms with Crippen molar-refractivity contribution < 1.29 is 14.3 Å². The Kier molecular flexibility index (Phi) is 5.84. The van der Waals surface area contributed by atoms with Crippen molar-refractivity contribution in [2.24, 2.45) is 0 Å².